The SMILES string of the molecule is COCCOCC[CH]CN1CCN(C)CC1. The number of piperazine rings is 1. The van der Waals surface area contributed by atoms with Gasteiger partial charge in [0.25, 0.3) is 0 Å². The van der Waals surface area contributed by atoms with Crippen molar-refractivity contribution >= 4 is 0 Å². The fourth-order valence-corrected chi connectivity index (χ4v) is 1.72. The first-order valence-electron chi connectivity index (χ1n) is 6.12. The standard InChI is InChI=1S/C12H25N2O2/c1-13-6-8-14(9-7-13)5-3-4-10-16-12-11-15-2/h3H,4-12H2,1-2H3. The molecule has 4 heteroatoms. The van der Waals surface area contributed by atoms with Gasteiger partial charge in [0.2, 0.25) is 0 Å². The molecule has 0 aromatic rings. The summed E-state index contributed by atoms with van der Waals surface area (Å²) in [6.45, 7) is 8.08. The van der Waals surface area contributed by atoms with Gasteiger partial charge in [-0.1, -0.05) is 0 Å². The molecule has 0 spiro atoms. The van der Waals surface area contributed by atoms with Gasteiger partial charge in [0.15, 0.2) is 0 Å². The molecule has 0 amide bonds. The lowest BCUT2D eigenvalue weighted by Crippen LogP contribution is -2.44. The first-order valence-corrected chi connectivity index (χ1v) is 6.12. The molecule has 1 radical (unpaired) electrons. The molecular formula is C12H25N2O2. The largest absolute Gasteiger partial charge is 0.382 e. The Morgan fingerprint density at radius 1 is 1.06 bits per heavy atom. The van der Waals surface area contributed by atoms with Crippen LogP contribution in [-0.4, -0.2) is 76.5 Å². The highest BCUT2D eigenvalue weighted by Gasteiger charge is 2.12. The van der Waals surface area contributed by atoms with E-state index in [0.717, 1.165) is 19.6 Å². The van der Waals surface area contributed by atoms with Crippen LogP contribution in [0.15, 0.2) is 0 Å². The van der Waals surface area contributed by atoms with Crippen LogP contribution in [0.25, 0.3) is 0 Å². The van der Waals surface area contributed by atoms with Crippen molar-refractivity contribution in [2.24, 2.45) is 0 Å². The molecule has 4 nitrogen and oxygen atoms in total. The molecule has 0 bridgehead atoms. The second-order valence-corrected chi connectivity index (χ2v) is 4.29. The number of unbranched alkanes of at least 4 members (excludes halogenated alkanes) is 1. The van der Waals surface area contributed by atoms with Gasteiger partial charge in [-0.25, -0.2) is 0 Å². The number of nitrogens with zero attached hydrogens (tertiary/aromatic N) is 2. The Balaban J connectivity index is 1.84. The molecule has 1 heterocycles. The van der Waals surface area contributed by atoms with Crippen molar-refractivity contribution in [1.29, 1.82) is 0 Å². The maximum atomic E-state index is 5.40. The van der Waals surface area contributed by atoms with E-state index < -0.39 is 0 Å². The average molecular weight is 229 g/mol. The Morgan fingerprint density at radius 3 is 2.50 bits per heavy atom. The van der Waals surface area contributed by atoms with Crippen molar-refractivity contribution in [3.05, 3.63) is 6.42 Å². The van der Waals surface area contributed by atoms with Crippen LogP contribution in [-0.2, 0) is 9.47 Å². The van der Waals surface area contributed by atoms with Gasteiger partial charge in [0.1, 0.15) is 0 Å². The maximum Gasteiger partial charge on any atom is 0.0700 e. The third kappa shape index (κ3) is 6.43. The lowest BCUT2D eigenvalue weighted by Gasteiger charge is -2.32. The van der Waals surface area contributed by atoms with Gasteiger partial charge in [0, 0.05) is 46.4 Å². The van der Waals surface area contributed by atoms with Crippen LogP contribution in [0.5, 0.6) is 0 Å². The highest BCUT2D eigenvalue weighted by Crippen LogP contribution is 2.01. The first kappa shape index (κ1) is 13.9. The van der Waals surface area contributed by atoms with Crippen molar-refractivity contribution in [3.63, 3.8) is 0 Å². The van der Waals surface area contributed by atoms with E-state index in [0.29, 0.717) is 13.2 Å². The van der Waals surface area contributed by atoms with E-state index in [1.165, 1.54) is 26.2 Å². The number of hydrogen-bond acceptors (Lipinski definition) is 4. The second-order valence-electron chi connectivity index (χ2n) is 4.29. The summed E-state index contributed by atoms with van der Waals surface area (Å²) >= 11 is 0. The molecule has 1 aliphatic rings. The number of ether oxygens (including phenoxy) is 2. The van der Waals surface area contributed by atoms with Gasteiger partial charge in [-0.3, -0.25) is 0 Å². The highest BCUT2D eigenvalue weighted by atomic mass is 16.5. The summed E-state index contributed by atoms with van der Waals surface area (Å²) in [5.74, 6) is 0. The zero-order valence-electron chi connectivity index (χ0n) is 10.7. The molecule has 0 aromatic carbocycles. The topological polar surface area (TPSA) is 24.9 Å². The third-order valence-corrected chi connectivity index (χ3v) is 2.88. The molecule has 95 valence electrons. The van der Waals surface area contributed by atoms with Gasteiger partial charge in [-0.15, -0.1) is 0 Å². The molecule has 0 saturated carbocycles. The van der Waals surface area contributed by atoms with Gasteiger partial charge in [-0.05, 0) is 19.9 Å². The monoisotopic (exact) mass is 229 g/mol. The highest BCUT2D eigenvalue weighted by molar-refractivity contribution is 4.75. The smallest absolute Gasteiger partial charge is 0.0700 e. The molecule has 16 heavy (non-hydrogen) atoms. The second kappa shape index (κ2) is 8.93. The van der Waals surface area contributed by atoms with Crippen LogP contribution in [0.4, 0.5) is 0 Å². The predicted molar refractivity (Wildman–Crippen MR) is 65.5 cm³/mol. The number of rotatable bonds is 8. The van der Waals surface area contributed by atoms with Crippen LogP contribution in [0.1, 0.15) is 6.42 Å². The normalized spacial score (nSPS) is 19.1. The van der Waals surface area contributed by atoms with Crippen molar-refractivity contribution in [2.45, 2.75) is 6.42 Å². The van der Waals surface area contributed by atoms with Crippen molar-refractivity contribution in [3.8, 4) is 0 Å². The van der Waals surface area contributed by atoms with Crippen molar-refractivity contribution < 1.29 is 9.47 Å². The molecule has 0 aromatic heterocycles. The number of hydrogen-bond donors (Lipinski definition) is 0. The van der Waals surface area contributed by atoms with Crippen LogP contribution in [0, 0.1) is 6.42 Å². The Kier molecular flexibility index (Phi) is 7.76. The Labute approximate surface area is 99.5 Å². The Bertz CT molecular complexity index is 159. The third-order valence-electron chi connectivity index (χ3n) is 2.88. The molecule has 0 atom stereocenters. The van der Waals surface area contributed by atoms with E-state index in [1.54, 1.807) is 7.11 Å². The Hall–Kier alpha value is -0.160. The zero-order chi connectivity index (χ0) is 11.6. The predicted octanol–water partition coefficient (Wildman–Crippen LogP) is 0.491. The molecule has 0 N–H and O–H groups in total. The molecular weight excluding hydrogens is 204 g/mol. The summed E-state index contributed by atoms with van der Waals surface area (Å²) in [5.41, 5.74) is 0. The van der Waals surface area contributed by atoms with Crippen LogP contribution >= 0.6 is 0 Å². The molecule has 0 unspecified atom stereocenters. The van der Waals surface area contributed by atoms with E-state index in [-0.39, 0.29) is 0 Å². The number of methoxy groups -OCH3 is 1. The fraction of sp³-hybridized carbons (Fsp3) is 0.917. The van der Waals surface area contributed by atoms with E-state index in [9.17, 15) is 0 Å². The fourth-order valence-electron chi connectivity index (χ4n) is 1.72. The quantitative estimate of drug-likeness (QED) is 0.566. The minimum atomic E-state index is 0.693. The summed E-state index contributed by atoms with van der Waals surface area (Å²) in [7, 11) is 3.88. The van der Waals surface area contributed by atoms with E-state index in [2.05, 4.69) is 23.3 Å². The maximum absolute atomic E-state index is 5.40. The first-order chi connectivity index (χ1) is 7.83. The Morgan fingerprint density at radius 2 is 1.81 bits per heavy atom. The average Bonchev–Trinajstić information content (AvgIpc) is 2.30. The summed E-state index contributed by atoms with van der Waals surface area (Å²) in [5, 5.41) is 0. The van der Waals surface area contributed by atoms with Crippen LogP contribution in [0.2, 0.25) is 0 Å². The zero-order valence-corrected chi connectivity index (χ0v) is 10.7. The van der Waals surface area contributed by atoms with Gasteiger partial charge in [0.05, 0.1) is 13.2 Å². The van der Waals surface area contributed by atoms with E-state index in [1.807, 2.05) is 0 Å². The summed E-state index contributed by atoms with van der Waals surface area (Å²) in [6.07, 6.45) is 3.36. The van der Waals surface area contributed by atoms with Crippen molar-refractivity contribution in [1.82, 2.24) is 9.80 Å². The van der Waals surface area contributed by atoms with Crippen LogP contribution in [0.3, 0.4) is 0 Å². The minimum Gasteiger partial charge on any atom is -0.382 e. The molecule has 0 aliphatic carbocycles. The lowest BCUT2D eigenvalue weighted by atomic mass is 10.2. The van der Waals surface area contributed by atoms with E-state index >= 15 is 0 Å². The number of likely N-dealkylation sites (N-methyl/N-ethyl adjacent to an activating group) is 1. The van der Waals surface area contributed by atoms with Gasteiger partial charge < -0.3 is 19.3 Å². The summed E-state index contributed by atoms with van der Waals surface area (Å²) in [4.78, 5) is 4.87. The molecule has 1 rings (SSSR count). The van der Waals surface area contributed by atoms with E-state index in [4.69, 9.17) is 9.47 Å². The molecule has 1 aliphatic heterocycles. The molecule has 1 fully saturated rings. The molecule has 1 saturated heterocycles. The van der Waals surface area contributed by atoms with Gasteiger partial charge >= 0.3 is 0 Å². The minimum absolute atomic E-state index is 0.693. The van der Waals surface area contributed by atoms with Gasteiger partial charge in [-0.2, -0.15) is 0 Å². The summed E-state index contributed by atoms with van der Waals surface area (Å²) in [6, 6.07) is 0. The van der Waals surface area contributed by atoms with Crippen molar-refractivity contribution in [2.75, 3.05) is 66.7 Å². The van der Waals surface area contributed by atoms with Crippen LogP contribution < -0.4 is 0 Å². The lowest BCUT2D eigenvalue weighted by molar-refractivity contribution is 0.0708. The summed E-state index contributed by atoms with van der Waals surface area (Å²) < 4.78 is 10.3.